The first kappa shape index (κ1) is 10.9. The van der Waals surface area contributed by atoms with Crippen LogP contribution in [0.2, 0.25) is 0 Å². The van der Waals surface area contributed by atoms with Crippen molar-refractivity contribution in [1.82, 2.24) is 15.1 Å². The highest BCUT2D eigenvalue weighted by Crippen LogP contribution is 2.20. The average Bonchev–Trinajstić information content (AvgIpc) is 2.30. The molecule has 0 aliphatic carbocycles. The fourth-order valence-electron chi connectivity index (χ4n) is 2.64. The van der Waals surface area contributed by atoms with Crippen LogP contribution in [0.5, 0.6) is 0 Å². The zero-order valence-corrected chi connectivity index (χ0v) is 9.54. The first-order valence-electron chi connectivity index (χ1n) is 6.01. The highest BCUT2D eigenvalue weighted by atomic mass is 16.2. The third-order valence-electron chi connectivity index (χ3n) is 3.45. The van der Waals surface area contributed by atoms with E-state index in [0.717, 1.165) is 39.1 Å². The molecule has 0 saturated carbocycles. The molecule has 2 aliphatic heterocycles. The lowest BCUT2D eigenvalue weighted by atomic mass is 10.1. The van der Waals surface area contributed by atoms with E-state index < -0.39 is 0 Å². The predicted molar refractivity (Wildman–Crippen MR) is 59.5 cm³/mol. The molecule has 4 nitrogen and oxygen atoms in total. The molecule has 2 rings (SSSR count). The summed E-state index contributed by atoms with van der Waals surface area (Å²) in [6.07, 6.45) is 3.96. The molecule has 15 heavy (non-hydrogen) atoms. The van der Waals surface area contributed by atoms with Gasteiger partial charge < -0.3 is 10.2 Å². The second kappa shape index (κ2) is 4.94. The maximum absolute atomic E-state index is 11.5. The van der Waals surface area contributed by atoms with Crippen LogP contribution in [0, 0.1) is 0 Å². The summed E-state index contributed by atoms with van der Waals surface area (Å²) in [5, 5.41) is 3.35. The second-order valence-corrected chi connectivity index (χ2v) is 4.47. The van der Waals surface area contributed by atoms with Crippen LogP contribution in [0.1, 0.15) is 26.2 Å². The number of nitrogens with one attached hydrogen (secondary N) is 1. The van der Waals surface area contributed by atoms with Gasteiger partial charge in [0, 0.05) is 39.6 Å². The number of rotatable bonds is 1. The SMILES string of the molecule is CC(=O)N1CCCCC1N1CCNCC1. The number of nitrogens with zero attached hydrogens (tertiary/aromatic N) is 2. The normalized spacial score (nSPS) is 29.1. The molecule has 1 atom stereocenters. The summed E-state index contributed by atoms with van der Waals surface area (Å²) in [6, 6.07) is 0. The fourth-order valence-corrected chi connectivity index (χ4v) is 2.64. The molecular weight excluding hydrogens is 190 g/mol. The van der Waals surface area contributed by atoms with Crippen molar-refractivity contribution in [2.75, 3.05) is 32.7 Å². The molecule has 0 aromatic carbocycles. The third kappa shape index (κ3) is 2.49. The van der Waals surface area contributed by atoms with Crippen LogP contribution < -0.4 is 5.32 Å². The van der Waals surface area contributed by atoms with Gasteiger partial charge in [-0.3, -0.25) is 9.69 Å². The maximum Gasteiger partial charge on any atom is 0.220 e. The van der Waals surface area contributed by atoms with E-state index in [0.29, 0.717) is 6.17 Å². The Morgan fingerprint density at radius 3 is 2.60 bits per heavy atom. The summed E-state index contributed by atoms with van der Waals surface area (Å²) in [6.45, 7) is 6.91. The van der Waals surface area contributed by atoms with Crippen molar-refractivity contribution in [2.45, 2.75) is 32.4 Å². The van der Waals surface area contributed by atoms with Gasteiger partial charge in [-0.15, -0.1) is 0 Å². The first-order valence-corrected chi connectivity index (χ1v) is 6.01. The summed E-state index contributed by atoms with van der Waals surface area (Å²) in [5.41, 5.74) is 0. The molecule has 1 N–H and O–H groups in total. The van der Waals surface area contributed by atoms with Crippen molar-refractivity contribution in [3.05, 3.63) is 0 Å². The molecule has 86 valence electrons. The summed E-state index contributed by atoms with van der Waals surface area (Å²) in [4.78, 5) is 16.0. The number of amides is 1. The number of hydrogen-bond acceptors (Lipinski definition) is 3. The molecule has 0 radical (unpaired) electrons. The van der Waals surface area contributed by atoms with Gasteiger partial charge >= 0.3 is 0 Å². The van der Waals surface area contributed by atoms with E-state index in [1.807, 2.05) is 0 Å². The Balaban J connectivity index is 1.99. The monoisotopic (exact) mass is 211 g/mol. The number of carbonyl (C=O) groups excluding carboxylic acids is 1. The Kier molecular flexibility index (Phi) is 3.59. The Morgan fingerprint density at radius 1 is 1.20 bits per heavy atom. The maximum atomic E-state index is 11.5. The molecule has 0 spiro atoms. The molecule has 2 heterocycles. The summed E-state index contributed by atoms with van der Waals surface area (Å²) >= 11 is 0. The van der Waals surface area contributed by atoms with E-state index in [4.69, 9.17) is 0 Å². The fraction of sp³-hybridized carbons (Fsp3) is 0.909. The Hall–Kier alpha value is -0.610. The first-order chi connectivity index (χ1) is 7.29. The summed E-state index contributed by atoms with van der Waals surface area (Å²) < 4.78 is 0. The predicted octanol–water partition coefficient (Wildman–Crippen LogP) is 0.250. The van der Waals surface area contributed by atoms with Crippen LogP contribution in [0.3, 0.4) is 0 Å². The summed E-state index contributed by atoms with van der Waals surface area (Å²) in [5.74, 6) is 0.234. The number of hydrogen-bond donors (Lipinski definition) is 1. The van der Waals surface area contributed by atoms with E-state index in [1.54, 1.807) is 6.92 Å². The van der Waals surface area contributed by atoms with Gasteiger partial charge in [-0.05, 0) is 19.3 Å². The number of carbonyl (C=O) groups is 1. The van der Waals surface area contributed by atoms with Gasteiger partial charge in [-0.25, -0.2) is 0 Å². The van der Waals surface area contributed by atoms with Crippen molar-refractivity contribution >= 4 is 5.91 Å². The van der Waals surface area contributed by atoms with Crippen molar-refractivity contribution in [1.29, 1.82) is 0 Å². The lowest BCUT2D eigenvalue weighted by Crippen LogP contribution is -2.57. The van der Waals surface area contributed by atoms with E-state index in [2.05, 4.69) is 15.1 Å². The molecule has 1 amide bonds. The van der Waals surface area contributed by atoms with Crippen LogP contribution in [-0.4, -0.2) is 54.6 Å². The molecule has 0 aromatic rings. The molecule has 2 aliphatic rings. The van der Waals surface area contributed by atoms with Crippen LogP contribution in [-0.2, 0) is 4.79 Å². The van der Waals surface area contributed by atoms with Gasteiger partial charge in [0.25, 0.3) is 0 Å². The van der Waals surface area contributed by atoms with E-state index in [9.17, 15) is 4.79 Å². The summed E-state index contributed by atoms with van der Waals surface area (Å²) in [7, 11) is 0. The van der Waals surface area contributed by atoms with Crippen LogP contribution in [0.25, 0.3) is 0 Å². The molecule has 2 saturated heterocycles. The molecule has 0 bridgehead atoms. The standard InChI is InChI=1S/C11H21N3O/c1-10(15)14-7-3-2-4-11(14)13-8-5-12-6-9-13/h11-12H,2-9H2,1H3. The lowest BCUT2D eigenvalue weighted by Gasteiger charge is -2.43. The lowest BCUT2D eigenvalue weighted by molar-refractivity contribution is -0.138. The number of piperidine rings is 1. The zero-order valence-electron chi connectivity index (χ0n) is 9.54. The van der Waals surface area contributed by atoms with E-state index in [-0.39, 0.29) is 5.91 Å². The van der Waals surface area contributed by atoms with Gasteiger partial charge in [0.1, 0.15) is 0 Å². The van der Waals surface area contributed by atoms with Crippen LogP contribution in [0.15, 0.2) is 0 Å². The highest BCUT2D eigenvalue weighted by Gasteiger charge is 2.29. The number of piperazine rings is 1. The molecule has 2 fully saturated rings. The molecule has 0 aromatic heterocycles. The van der Waals surface area contributed by atoms with Crippen LogP contribution >= 0.6 is 0 Å². The highest BCUT2D eigenvalue weighted by molar-refractivity contribution is 5.73. The molecular formula is C11H21N3O. The van der Waals surface area contributed by atoms with E-state index >= 15 is 0 Å². The quantitative estimate of drug-likeness (QED) is 0.675. The van der Waals surface area contributed by atoms with Gasteiger partial charge in [-0.2, -0.15) is 0 Å². The minimum Gasteiger partial charge on any atom is -0.327 e. The molecule has 4 heteroatoms. The van der Waals surface area contributed by atoms with Crippen molar-refractivity contribution < 1.29 is 4.79 Å². The average molecular weight is 211 g/mol. The van der Waals surface area contributed by atoms with E-state index in [1.165, 1.54) is 12.8 Å². The smallest absolute Gasteiger partial charge is 0.220 e. The van der Waals surface area contributed by atoms with Crippen molar-refractivity contribution in [3.63, 3.8) is 0 Å². The topological polar surface area (TPSA) is 35.6 Å². The largest absolute Gasteiger partial charge is 0.327 e. The van der Waals surface area contributed by atoms with Gasteiger partial charge in [0.2, 0.25) is 5.91 Å². The van der Waals surface area contributed by atoms with Crippen molar-refractivity contribution in [2.24, 2.45) is 0 Å². The number of likely N-dealkylation sites (tertiary alicyclic amines) is 1. The zero-order chi connectivity index (χ0) is 10.7. The second-order valence-electron chi connectivity index (χ2n) is 4.47. The Morgan fingerprint density at radius 2 is 1.93 bits per heavy atom. The van der Waals surface area contributed by atoms with Crippen molar-refractivity contribution in [3.8, 4) is 0 Å². The third-order valence-corrected chi connectivity index (χ3v) is 3.45. The molecule has 1 unspecified atom stereocenters. The Bertz CT molecular complexity index is 226. The Labute approximate surface area is 91.6 Å². The van der Waals surface area contributed by atoms with Gasteiger partial charge in [-0.1, -0.05) is 0 Å². The van der Waals surface area contributed by atoms with Crippen LogP contribution in [0.4, 0.5) is 0 Å². The van der Waals surface area contributed by atoms with Gasteiger partial charge in [0.05, 0.1) is 6.17 Å². The minimum absolute atomic E-state index is 0.234. The van der Waals surface area contributed by atoms with Gasteiger partial charge in [0.15, 0.2) is 0 Å². The minimum atomic E-state index is 0.234.